The normalized spacial score (nSPS) is 47.1. The van der Waals surface area contributed by atoms with Gasteiger partial charge in [0.05, 0.1) is 12.7 Å². The van der Waals surface area contributed by atoms with Crippen molar-refractivity contribution in [1.29, 1.82) is 0 Å². The zero-order chi connectivity index (χ0) is 6.97. The highest BCUT2D eigenvalue weighted by Gasteiger charge is 2.30. The van der Waals surface area contributed by atoms with E-state index in [9.17, 15) is 0 Å². The zero-order valence-corrected chi connectivity index (χ0v) is 6.12. The lowest BCUT2D eigenvalue weighted by Crippen LogP contribution is -2.56. The van der Waals surface area contributed by atoms with E-state index in [1.165, 1.54) is 6.54 Å². The van der Waals surface area contributed by atoms with Gasteiger partial charge in [0.15, 0.2) is 0 Å². The van der Waals surface area contributed by atoms with Gasteiger partial charge < -0.3 is 10.5 Å². The molecule has 2 unspecified atom stereocenters. The molecule has 2 aliphatic rings. The van der Waals surface area contributed by atoms with Gasteiger partial charge >= 0.3 is 0 Å². The van der Waals surface area contributed by atoms with Crippen molar-refractivity contribution >= 4 is 0 Å². The summed E-state index contributed by atoms with van der Waals surface area (Å²) >= 11 is 0. The summed E-state index contributed by atoms with van der Waals surface area (Å²) in [6, 6.07) is 0.288. The van der Waals surface area contributed by atoms with Gasteiger partial charge in [-0.2, -0.15) is 0 Å². The van der Waals surface area contributed by atoms with Gasteiger partial charge in [-0.3, -0.25) is 4.90 Å². The number of fused-ring (bicyclic) bond motifs is 2. The van der Waals surface area contributed by atoms with E-state index < -0.39 is 0 Å². The van der Waals surface area contributed by atoms with Crippen molar-refractivity contribution in [3.8, 4) is 0 Å². The molecule has 2 saturated heterocycles. The van der Waals surface area contributed by atoms with E-state index in [4.69, 9.17) is 10.5 Å². The van der Waals surface area contributed by atoms with Gasteiger partial charge in [-0.05, 0) is 13.0 Å². The van der Waals surface area contributed by atoms with Gasteiger partial charge in [-0.15, -0.1) is 0 Å². The Labute approximate surface area is 61.1 Å². The SMILES string of the molecule is N[C@H]1CCN2CCOC1C2. The number of hydrogen-bond donors (Lipinski definition) is 1. The van der Waals surface area contributed by atoms with E-state index in [1.807, 2.05) is 0 Å². The molecule has 3 nitrogen and oxygen atoms in total. The summed E-state index contributed by atoms with van der Waals surface area (Å²) < 4.78 is 5.49. The summed E-state index contributed by atoms with van der Waals surface area (Å²) in [5.74, 6) is 0. The standard InChI is InChI=1S/C7H14N2O/c8-6-1-2-9-3-4-10-7(6)5-9/h6-7H,1-5,8H2/t6-,7?/m0/s1. The van der Waals surface area contributed by atoms with Crippen LogP contribution in [0.5, 0.6) is 0 Å². The summed E-state index contributed by atoms with van der Waals surface area (Å²) in [5, 5.41) is 0. The van der Waals surface area contributed by atoms with Crippen LogP contribution in [0.25, 0.3) is 0 Å². The van der Waals surface area contributed by atoms with Crippen LogP contribution in [0.1, 0.15) is 6.42 Å². The fraction of sp³-hybridized carbons (Fsp3) is 1.00. The van der Waals surface area contributed by atoms with Gasteiger partial charge in [0.2, 0.25) is 0 Å². The molecule has 2 N–H and O–H groups in total. The molecule has 58 valence electrons. The Morgan fingerprint density at radius 2 is 2.30 bits per heavy atom. The second-order valence-electron chi connectivity index (χ2n) is 3.16. The number of piperidine rings is 1. The van der Waals surface area contributed by atoms with Crippen molar-refractivity contribution in [1.82, 2.24) is 4.90 Å². The molecule has 0 aromatic rings. The number of nitrogens with two attached hydrogens (primary N) is 1. The van der Waals surface area contributed by atoms with Crippen molar-refractivity contribution in [3.63, 3.8) is 0 Å². The number of morpholine rings is 1. The van der Waals surface area contributed by atoms with Crippen molar-refractivity contribution in [2.45, 2.75) is 18.6 Å². The minimum absolute atomic E-state index is 0.288. The van der Waals surface area contributed by atoms with Crippen LogP contribution in [0, 0.1) is 0 Å². The molecule has 2 rings (SSSR count). The average molecular weight is 142 g/mol. The lowest BCUT2D eigenvalue weighted by Gasteiger charge is -2.40. The molecule has 0 aromatic carbocycles. The molecule has 0 radical (unpaired) electrons. The van der Waals surface area contributed by atoms with Crippen molar-refractivity contribution in [2.75, 3.05) is 26.2 Å². The van der Waals surface area contributed by atoms with Crippen molar-refractivity contribution < 1.29 is 4.74 Å². The summed E-state index contributed by atoms with van der Waals surface area (Å²) in [4.78, 5) is 2.43. The van der Waals surface area contributed by atoms with Crippen molar-refractivity contribution in [3.05, 3.63) is 0 Å². The second-order valence-corrected chi connectivity index (χ2v) is 3.16. The molecule has 0 spiro atoms. The minimum Gasteiger partial charge on any atom is -0.374 e. The molecule has 2 aliphatic heterocycles. The van der Waals surface area contributed by atoms with E-state index in [0.717, 1.165) is 26.1 Å². The Bertz CT molecular complexity index is 127. The minimum atomic E-state index is 0.288. The Hall–Kier alpha value is -0.120. The fourth-order valence-electron chi connectivity index (χ4n) is 1.71. The third-order valence-corrected chi connectivity index (χ3v) is 2.43. The molecule has 0 aromatic heterocycles. The largest absolute Gasteiger partial charge is 0.374 e. The van der Waals surface area contributed by atoms with Crippen LogP contribution in [-0.2, 0) is 4.74 Å². The first-order valence-corrected chi connectivity index (χ1v) is 3.96. The smallest absolute Gasteiger partial charge is 0.0853 e. The van der Waals surface area contributed by atoms with Crippen LogP contribution in [0.15, 0.2) is 0 Å². The maximum Gasteiger partial charge on any atom is 0.0853 e. The van der Waals surface area contributed by atoms with Crippen LogP contribution in [0.4, 0.5) is 0 Å². The average Bonchev–Trinajstić information content (AvgIpc) is 1.99. The van der Waals surface area contributed by atoms with Gasteiger partial charge in [-0.1, -0.05) is 0 Å². The Balaban J connectivity index is 2.00. The maximum atomic E-state index is 5.83. The number of ether oxygens (including phenoxy) is 1. The van der Waals surface area contributed by atoms with Gasteiger partial charge in [0, 0.05) is 19.1 Å². The van der Waals surface area contributed by atoms with Crippen LogP contribution in [0.2, 0.25) is 0 Å². The molecule has 3 atom stereocenters. The second kappa shape index (κ2) is 2.49. The van der Waals surface area contributed by atoms with Crippen LogP contribution < -0.4 is 5.73 Å². The quantitative estimate of drug-likeness (QED) is 0.491. The maximum absolute atomic E-state index is 5.83. The van der Waals surface area contributed by atoms with E-state index >= 15 is 0 Å². The highest BCUT2D eigenvalue weighted by Crippen LogP contribution is 2.15. The summed E-state index contributed by atoms with van der Waals surface area (Å²) in [5.41, 5.74) is 5.83. The van der Waals surface area contributed by atoms with Crippen LogP contribution in [-0.4, -0.2) is 43.3 Å². The molecule has 0 saturated carbocycles. The predicted octanol–water partition coefficient (Wildman–Crippen LogP) is -0.582. The summed E-state index contributed by atoms with van der Waals surface area (Å²) in [7, 11) is 0. The first-order valence-electron chi connectivity index (χ1n) is 3.96. The first kappa shape index (κ1) is 6.58. The van der Waals surface area contributed by atoms with E-state index in [1.54, 1.807) is 0 Å². The monoisotopic (exact) mass is 142 g/mol. The molecule has 2 fully saturated rings. The molecule has 10 heavy (non-hydrogen) atoms. The number of rotatable bonds is 0. The molecule has 0 aliphatic carbocycles. The highest BCUT2D eigenvalue weighted by atomic mass is 16.5. The highest BCUT2D eigenvalue weighted by molar-refractivity contribution is 4.86. The van der Waals surface area contributed by atoms with E-state index in [0.29, 0.717) is 6.10 Å². The third-order valence-electron chi connectivity index (χ3n) is 2.43. The molecule has 0 amide bonds. The predicted molar refractivity (Wildman–Crippen MR) is 38.8 cm³/mol. The van der Waals surface area contributed by atoms with E-state index in [-0.39, 0.29) is 6.04 Å². The molecular formula is C7H14N2O. The zero-order valence-electron chi connectivity index (χ0n) is 6.12. The fourth-order valence-corrected chi connectivity index (χ4v) is 1.71. The van der Waals surface area contributed by atoms with Gasteiger partial charge in [0.25, 0.3) is 0 Å². The number of hydrogen-bond acceptors (Lipinski definition) is 3. The lowest BCUT2D eigenvalue weighted by molar-refractivity contribution is -0.0646. The molecular weight excluding hydrogens is 128 g/mol. The van der Waals surface area contributed by atoms with E-state index in [2.05, 4.69) is 4.90 Å². The Morgan fingerprint density at radius 3 is 3.10 bits per heavy atom. The van der Waals surface area contributed by atoms with Crippen LogP contribution in [0.3, 0.4) is 0 Å². The summed E-state index contributed by atoms with van der Waals surface area (Å²) in [6.07, 6.45) is 1.42. The molecule has 3 heteroatoms. The molecule has 2 heterocycles. The van der Waals surface area contributed by atoms with Gasteiger partial charge in [-0.25, -0.2) is 0 Å². The first-order chi connectivity index (χ1) is 4.86. The third kappa shape index (κ3) is 1.05. The van der Waals surface area contributed by atoms with Gasteiger partial charge in [0.1, 0.15) is 0 Å². The Kier molecular flexibility index (Phi) is 1.64. The number of nitrogens with zero attached hydrogens (tertiary/aromatic N) is 1. The topological polar surface area (TPSA) is 38.5 Å². The van der Waals surface area contributed by atoms with Crippen LogP contribution >= 0.6 is 0 Å². The van der Waals surface area contributed by atoms with Crippen molar-refractivity contribution in [2.24, 2.45) is 5.73 Å². The molecule has 2 bridgehead atoms. The lowest BCUT2D eigenvalue weighted by atomic mass is 10.0. The summed E-state index contributed by atoms with van der Waals surface area (Å²) in [6.45, 7) is 4.20. The Morgan fingerprint density at radius 1 is 1.40 bits per heavy atom.